The number of hydrogen-bond donors (Lipinski definition) is 1. The number of morpholine rings is 1. The Labute approximate surface area is 211 Å². The van der Waals surface area contributed by atoms with Gasteiger partial charge < -0.3 is 9.47 Å². The van der Waals surface area contributed by atoms with Crippen molar-refractivity contribution >= 4 is 30.1 Å². The fraction of sp³-hybridized carbons (Fsp3) is 1.00. The van der Waals surface area contributed by atoms with Crippen LogP contribution in [0.25, 0.3) is 0 Å². The first-order valence-corrected chi connectivity index (χ1v) is 14.9. The number of epoxide rings is 1. The monoisotopic (exact) mass is 635 g/mol. The van der Waals surface area contributed by atoms with Gasteiger partial charge in [-0.25, -0.2) is 25.3 Å². The summed E-state index contributed by atoms with van der Waals surface area (Å²) in [5, 5.41) is -10.5. The van der Waals surface area contributed by atoms with E-state index >= 15 is 0 Å². The van der Waals surface area contributed by atoms with Gasteiger partial charge in [-0.05, 0) is 12.8 Å². The Kier molecular flexibility index (Phi) is 8.19. The molecule has 23 heteroatoms. The number of hydrogen-bond acceptors (Lipinski definition) is 10. The van der Waals surface area contributed by atoms with Gasteiger partial charge >= 0.3 is 41.7 Å². The molecule has 224 valence electrons. The molecule has 12 nitrogen and oxygen atoms in total. The van der Waals surface area contributed by atoms with E-state index < -0.39 is 81.1 Å². The molecule has 0 spiro atoms. The van der Waals surface area contributed by atoms with Crippen molar-refractivity contribution in [2.45, 2.75) is 53.3 Å². The van der Waals surface area contributed by atoms with Crippen molar-refractivity contribution in [1.29, 1.82) is 0 Å². The van der Waals surface area contributed by atoms with E-state index in [1.807, 2.05) is 0 Å². The second-order valence-corrected chi connectivity index (χ2v) is 14.3. The largest absolute Gasteiger partial charge is 0.431 e. The van der Waals surface area contributed by atoms with Crippen LogP contribution < -0.4 is 0 Å². The number of alkyl halides is 8. The van der Waals surface area contributed by atoms with Crippen molar-refractivity contribution in [2.75, 3.05) is 39.4 Å². The average molecular weight is 636 g/mol. The van der Waals surface area contributed by atoms with Crippen molar-refractivity contribution < 1.29 is 75.1 Å². The van der Waals surface area contributed by atoms with Crippen LogP contribution in [0.1, 0.15) is 19.3 Å². The first kappa shape index (κ1) is 31.6. The van der Waals surface area contributed by atoms with Crippen molar-refractivity contribution in [3.63, 3.8) is 0 Å². The van der Waals surface area contributed by atoms with E-state index in [4.69, 9.17) is 4.74 Å². The molecule has 3 rings (SSSR count). The lowest BCUT2D eigenvalue weighted by atomic mass is 10.2. The lowest BCUT2D eigenvalue weighted by molar-refractivity contribution is -0.247. The third kappa shape index (κ3) is 4.59. The molecule has 0 aromatic rings. The molecule has 0 amide bonds. The number of rotatable bonds is 10. The van der Waals surface area contributed by atoms with Crippen LogP contribution in [0.2, 0.25) is 0 Å². The Morgan fingerprint density at radius 2 is 1.24 bits per heavy atom. The standard InChI is InChI=1S/C15H21F8N3O9S3/c16-12(17,10-11(35-10)24-6-8-34-9-7-24)36(28,29)26(27)38(32,33)15(22,23)13(18,19)14(20,21)37(30,31)25-4-2-1-3-5-25/h10-11,27H,1-9H2. The van der Waals surface area contributed by atoms with Gasteiger partial charge in [0.15, 0.2) is 6.10 Å². The summed E-state index contributed by atoms with van der Waals surface area (Å²) in [6.45, 7) is -1.87. The molecule has 3 aliphatic heterocycles. The lowest BCUT2D eigenvalue weighted by Crippen LogP contribution is -2.66. The summed E-state index contributed by atoms with van der Waals surface area (Å²) in [5.74, 6) is -7.46. The van der Waals surface area contributed by atoms with Crippen LogP contribution in [-0.4, -0.2) is 117 Å². The minimum absolute atomic E-state index is 0.0265. The van der Waals surface area contributed by atoms with Crippen LogP contribution >= 0.6 is 0 Å². The number of nitrogens with zero attached hydrogens (tertiary/aromatic N) is 3. The predicted octanol–water partition coefficient (Wildman–Crippen LogP) is 0.624. The fourth-order valence-electron chi connectivity index (χ4n) is 3.70. The minimum atomic E-state index is -8.07. The highest BCUT2D eigenvalue weighted by Gasteiger charge is 2.84. The van der Waals surface area contributed by atoms with Gasteiger partial charge in [0.05, 0.1) is 13.2 Å². The van der Waals surface area contributed by atoms with Crippen molar-refractivity contribution in [2.24, 2.45) is 0 Å². The zero-order valence-electron chi connectivity index (χ0n) is 18.8. The second kappa shape index (κ2) is 9.85. The van der Waals surface area contributed by atoms with E-state index in [1.54, 1.807) is 0 Å². The predicted molar refractivity (Wildman–Crippen MR) is 107 cm³/mol. The summed E-state index contributed by atoms with van der Waals surface area (Å²) in [7, 11) is -22.1. The van der Waals surface area contributed by atoms with Crippen LogP contribution in [0.4, 0.5) is 35.1 Å². The van der Waals surface area contributed by atoms with Crippen LogP contribution in [-0.2, 0) is 39.5 Å². The van der Waals surface area contributed by atoms with E-state index in [1.165, 1.54) is 0 Å². The van der Waals surface area contributed by atoms with E-state index in [-0.39, 0.29) is 49.9 Å². The van der Waals surface area contributed by atoms with Crippen molar-refractivity contribution in [3.05, 3.63) is 0 Å². The van der Waals surface area contributed by atoms with Crippen molar-refractivity contribution in [1.82, 2.24) is 13.1 Å². The van der Waals surface area contributed by atoms with Gasteiger partial charge in [0.25, 0.3) is 10.0 Å². The van der Waals surface area contributed by atoms with Crippen LogP contribution in [0, 0.1) is 0 Å². The fourth-order valence-corrected chi connectivity index (χ4v) is 8.21. The lowest BCUT2D eigenvalue weighted by Gasteiger charge is -2.36. The molecule has 2 atom stereocenters. The molecule has 3 fully saturated rings. The molecule has 2 unspecified atom stereocenters. The van der Waals surface area contributed by atoms with Gasteiger partial charge in [0.2, 0.25) is 0 Å². The maximum absolute atomic E-state index is 14.6. The van der Waals surface area contributed by atoms with Gasteiger partial charge in [-0.15, -0.1) is 0 Å². The zero-order chi connectivity index (χ0) is 29.2. The van der Waals surface area contributed by atoms with Gasteiger partial charge in [-0.3, -0.25) is 10.1 Å². The number of ether oxygens (including phenoxy) is 2. The molecular weight excluding hydrogens is 614 g/mol. The molecule has 3 aliphatic rings. The summed E-state index contributed by atoms with van der Waals surface area (Å²) < 4.78 is 194. The van der Waals surface area contributed by atoms with E-state index in [0.717, 1.165) is 4.90 Å². The van der Waals surface area contributed by atoms with Gasteiger partial charge in [0, 0.05) is 30.1 Å². The van der Waals surface area contributed by atoms with E-state index in [9.17, 15) is 65.6 Å². The first-order valence-electron chi connectivity index (χ1n) is 10.6. The summed E-state index contributed by atoms with van der Waals surface area (Å²) >= 11 is 0. The molecule has 0 bridgehead atoms. The second-order valence-electron chi connectivity index (χ2n) is 8.42. The minimum Gasteiger partial charge on any atom is -0.379 e. The highest BCUT2D eigenvalue weighted by molar-refractivity contribution is 8.04. The Bertz CT molecular complexity index is 1220. The number of sulfonamides is 3. The Morgan fingerprint density at radius 3 is 1.74 bits per heavy atom. The first-order chi connectivity index (χ1) is 17.1. The van der Waals surface area contributed by atoms with Crippen molar-refractivity contribution in [3.8, 4) is 0 Å². The molecule has 1 N–H and O–H groups in total. The quantitative estimate of drug-likeness (QED) is 0.205. The molecule has 0 aliphatic carbocycles. The maximum Gasteiger partial charge on any atom is 0.431 e. The van der Waals surface area contributed by atoms with Crippen LogP contribution in [0.3, 0.4) is 0 Å². The summed E-state index contributed by atoms with van der Waals surface area (Å²) in [6, 6.07) is 0. The molecule has 38 heavy (non-hydrogen) atoms. The Balaban J connectivity index is 1.92. The number of piperidine rings is 1. The molecule has 3 heterocycles. The summed E-state index contributed by atoms with van der Waals surface area (Å²) in [5.41, 5.74) is 0. The molecule has 0 saturated carbocycles. The highest BCUT2D eigenvalue weighted by atomic mass is 32.3. The van der Waals surface area contributed by atoms with Gasteiger partial charge in [-0.1, -0.05) is 6.42 Å². The highest BCUT2D eigenvalue weighted by Crippen LogP contribution is 2.53. The zero-order valence-corrected chi connectivity index (χ0v) is 21.3. The molecular formula is C15H21F8N3O9S3. The van der Waals surface area contributed by atoms with E-state index in [0.29, 0.717) is 0 Å². The van der Waals surface area contributed by atoms with Crippen LogP contribution in [0.5, 0.6) is 0 Å². The Hall–Kier alpha value is -0.950. The molecule has 0 radical (unpaired) electrons. The molecule has 0 aromatic heterocycles. The third-order valence-corrected chi connectivity index (χ3v) is 11.8. The average Bonchev–Trinajstić information content (AvgIpc) is 3.66. The van der Waals surface area contributed by atoms with Crippen LogP contribution in [0.15, 0.2) is 0 Å². The maximum atomic E-state index is 14.6. The topological polar surface area (TPSA) is 154 Å². The van der Waals surface area contributed by atoms with Gasteiger partial charge in [-0.2, -0.15) is 39.4 Å². The summed E-state index contributed by atoms with van der Waals surface area (Å²) in [4.78, 5) is 1.07. The normalized spacial score (nSPS) is 26.1. The summed E-state index contributed by atoms with van der Waals surface area (Å²) in [6.07, 6.45) is -4.54. The van der Waals surface area contributed by atoms with E-state index in [2.05, 4.69) is 4.74 Å². The van der Waals surface area contributed by atoms with Gasteiger partial charge in [0.1, 0.15) is 6.23 Å². The smallest absolute Gasteiger partial charge is 0.379 e. The Morgan fingerprint density at radius 1 is 0.737 bits per heavy atom. The molecule has 3 saturated heterocycles. The molecule has 0 aromatic carbocycles. The number of halogens is 8. The third-order valence-electron chi connectivity index (χ3n) is 5.99. The SMILES string of the molecule is O=S(=O)(N(O)S(=O)(=O)C(F)(F)C(F)(F)C(F)(F)S(=O)(=O)N1CCCCC1)C(F)(F)C1OC1N1CCOCC1.